The Balaban J connectivity index is 1.74. The maximum atomic E-state index is 12.3. The van der Waals surface area contributed by atoms with Crippen LogP contribution in [0.3, 0.4) is 0 Å². The molecular formula is C18H28N2O4S. The number of carbonyl (C=O) groups excluding carboxylic acids is 1. The van der Waals surface area contributed by atoms with Gasteiger partial charge in [-0.05, 0) is 50.3 Å². The third-order valence-electron chi connectivity index (χ3n) is 4.61. The zero-order valence-corrected chi connectivity index (χ0v) is 15.8. The number of hydrogen-bond donors (Lipinski definition) is 1. The Kier molecular flexibility index (Phi) is 7.25. The van der Waals surface area contributed by atoms with Gasteiger partial charge in [-0.1, -0.05) is 12.1 Å². The van der Waals surface area contributed by atoms with E-state index in [9.17, 15) is 13.2 Å². The highest BCUT2D eigenvalue weighted by atomic mass is 32.2. The molecule has 140 valence electrons. The normalized spacial score (nSPS) is 18.7. The first-order valence-electron chi connectivity index (χ1n) is 8.84. The van der Waals surface area contributed by atoms with Gasteiger partial charge in [0.15, 0.2) is 0 Å². The molecule has 0 radical (unpaired) electrons. The minimum absolute atomic E-state index is 0.0364. The predicted molar refractivity (Wildman–Crippen MR) is 98.1 cm³/mol. The van der Waals surface area contributed by atoms with Gasteiger partial charge in [0.1, 0.15) is 5.75 Å². The molecule has 0 spiro atoms. The quantitative estimate of drug-likeness (QED) is 0.710. The van der Waals surface area contributed by atoms with Crippen molar-refractivity contribution in [2.75, 3.05) is 32.5 Å². The molecule has 1 aliphatic heterocycles. The van der Waals surface area contributed by atoms with Crippen LogP contribution in [-0.2, 0) is 21.2 Å². The SMILES string of the molecule is CCS(=O)(=O)N1CCC[C@H](C(=O)NCCCc2ccc(OC)cc2)C1. The summed E-state index contributed by atoms with van der Waals surface area (Å²) < 4.78 is 30.5. The van der Waals surface area contributed by atoms with Gasteiger partial charge in [-0.2, -0.15) is 0 Å². The van der Waals surface area contributed by atoms with E-state index in [1.54, 1.807) is 14.0 Å². The fourth-order valence-electron chi connectivity index (χ4n) is 3.03. The van der Waals surface area contributed by atoms with Crippen LogP contribution in [0, 0.1) is 5.92 Å². The number of hydrogen-bond acceptors (Lipinski definition) is 4. The lowest BCUT2D eigenvalue weighted by molar-refractivity contribution is -0.126. The van der Waals surface area contributed by atoms with E-state index in [-0.39, 0.29) is 17.6 Å². The molecule has 6 nitrogen and oxygen atoms in total. The van der Waals surface area contributed by atoms with Crippen LogP contribution in [0.4, 0.5) is 0 Å². The van der Waals surface area contributed by atoms with E-state index in [2.05, 4.69) is 5.32 Å². The van der Waals surface area contributed by atoms with Crippen LogP contribution in [-0.4, -0.2) is 51.1 Å². The lowest BCUT2D eigenvalue weighted by Crippen LogP contribution is -2.46. The number of nitrogens with zero attached hydrogens (tertiary/aromatic N) is 1. The van der Waals surface area contributed by atoms with Crippen LogP contribution in [0.5, 0.6) is 5.75 Å². The third kappa shape index (κ3) is 5.71. The predicted octanol–water partition coefficient (Wildman–Crippen LogP) is 1.81. The van der Waals surface area contributed by atoms with Crippen LogP contribution in [0.1, 0.15) is 31.7 Å². The average molecular weight is 368 g/mol. The molecule has 2 rings (SSSR count). The van der Waals surface area contributed by atoms with E-state index >= 15 is 0 Å². The first-order valence-corrected chi connectivity index (χ1v) is 10.5. The van der Waals surface area contributed by atoms with Gasteiger partial charge in [0, 0.05) is 19.6 Å². The summed E-state index contributed by atoms with van der Waals surface area (Å²) >= 11 is 0. The van der Waals surface area contributed by atoms with Gasteiger partial charge >= 0.3 is 0 Å². The number of piperidine rings is 1. The molecule has 0 saturated carbocycles. The number of sulfonamides is 1. The topological polar surface area (TPSA) is 75.7 Å². The third-order valence-corrected chi connectivity index (χ3v) is 6.46. The number of amides is 1. The maximum absolute atomic E-state index is 12.3. The molecule has 0 unspecified atom stereocenters. The highest BCUT2D eigenvalue weighted by Gasteiger charge is 2.31. The Hall–Kier alpha value is -1.60. The molecule has 1 aliphatic rings. The second kappa shape index (κ2) is 9.20. The number of ether oxygens (including phenoxy) is 1. The summed E-state index contributed by atoms with van der Waals surface area (Å²) in [6.07, 6.45) is 3.22. The molecular weight excluding hydrogens is 340 g/mol. The van der Waals surface area contributed by atoms with Crippen LogP contribution >= 0.6 is 0 Å². The standard InChI is InChI=1S/C18H28N2O4S/c1-3-25(22,23)20-13-5-7-16(14-20)18(21)19-12-4-6-15-8-10-17(24-2)11-9-15/h8-11,16H,3-7,12-14H2,1-2H3,(H,19,21)/t16-/m0/s1. The molecule has 25 heavy (non-hydrogen) atoms. The maximum Gasteiger partial charge on any atom is 0.224 e. The molecule has 1 heterocycles. The van der Waals surface area contributed by atoms with Crippen molar-refractivity contribution in [2.45, 2.75) is 32.6 Å². The molecule has 1 amide bonds. The zero-order chi connectivity index (χ0) is 18.3. The number of benzene rings is 1. The summed E-state index contributed by atoms with van der Waals surface area (Å²) in [6, 6.07) is 7.90. The molecule has 1 fully saturated rings. The Labute approximate surface area is 150 Å². The van der Waals surface area contributed by atoms with Crippen LogP contribution in [0.15, 0.2) is 24.3 Å². The van der Waals surface area contributed by atoms with Crippen molar-refractivity contribution in [3.63, 3.8) is 0 Å². The first kappa shape index (κ1) is 19.7. The molecule has 1 saturated heterocycles. The van der Waals surface area contributed by atoms with Gasteiger partial charge in [0.25, 0.3) is 0 Å². The molecule has 0 aliphatic carbocycles. The van der Waals surface area contributed by atoms with Gasteiger partial charge in [0.2, 0.25) is 15.9 Å². The van der Waals surface area contributed by atoms with Gasteiger partial charge in [-0.15, -0.1) is 0 Å². The molecule has 1 aromatic carbocycles. The molecule has 1 N–H and O–H groups in total. The minimum Gasteiger partial charge on any atom is -0.497 e. The van der Waals surface area contributed by atoms with Gasteiger partial charge in [0.05, 0.1) is 18.8 Å². The van der Waals surface area contributed by atoms with Crippen molar-refractivity contribution in [1.82, 2.24) is 9.62 Å². The lowest BCUT2D eigenvalue weighted by Gasteiger charge is -2.30. The van der Waals surface area contributed by atoms with E-state index in [1.807, 2.05) is 24.3 Å². The van der Waals surface area contributed by atoms with Crippen LogP contribution in [0.2, 0.25) is 0 Å². The van der Waals surface area contributed by atoms with Crippen molar-refractivity contribution >= 4 is 15.9 Å². The molecule has 0 bridgehead atoms. The number of methoxy groups -OCH3 is 1. The first-order chi connectivity index (χ1) is 12.0. The average Bonchev–Trinajstić information content (AvgIpc) is 2.65. The number of rotatable bonds is 8. The second-order valence-corrected chi connectivity index (χ2v) is 8.60. The highest BCUT2D eigenvalue weighted by Crippen LogP contribution is 2.19. The van der Waals surface area contributed by atoms with Gasteiger partial charge in [-0.3, -0.25) is 4.79 Å². The molecule has 7 heteroatoms. The number of carbonyl (C=O) groups is 1. The lowest BCUT2D eigenvalue weighted by atomic mass is 9.99. The van der Waals surface area contributed by atoms with E-state index in [0.717, 1.165) is 31.4 Å². The molecule has 1 atom stereocenters. The largest absolute Gasteiger partial charge is 0.497 e. The van der Waals surface area contributed by atoms with Gasteiger partial charge < -0.3 is 10.1 Å². The summed E-state index contributed by atoms with van der Waals surface area (Å²) in [5.41, 5.74) is 1.20. The zero-order valence-electron chi connectivity index (χ0n) is 15.0. The van der Waals surface area contributed by atoms with Crippen molar-refractivity contribution in [1.29, 1.82) is 0 Å². The van der Waals surface area contributed by atoms with E-state index in [4.69, 9.17) is 4.74 Å². The van der Waals surface area contributed by atoms with Crippen molar-refractivity contribution < 1.29 is 17.9 Å². The van der Waals surface area contributed by atoms with Crippen molar-refractivity contribution in [3.05, 3.63) is 29.8 Å². The Morgan fingerprint density at radius 2 is 2.04 bits per heavy atom. The summed E-state index contributed by atoms with van der Waals surface area (Å²) in [7, 11) is -1.57. The van der Waals surface area contributed by atoms with Crippen molar-refractivity contribution in [2.24, 2.45) is 5.92 Å². The summed E-state index contributed by atoms with van der Waals surface area (Å²) in [5, 5.41) is 2.95. The van der Waals surface area contributed by atoms with E-state index in [1.165, 1.54) is 9.87 Å². The fraction of sp³-hybridized carbons (Fsp3) is 0.611. The monoisotopic (exact) mass is 368 g/mol. The second-order valence-electron chi connectivity index (χ2n) is 6.34. The van der Waals surface area contributed by atoms with Gasteiger partial charge in [-0.25, -0.2) is 12.7 Å². The van der Waals surface area contributed by atoms with Crippen molar-refractivity contribution in [3.8, 4) is 5.75 Å². The van der Waals surface area contributed by atoms with E-state index < -0.39 is 10.0 Å². The fourth-order valence-corrected chi connectivity index (χ4v) is 4.21. The Bertz CT molecular complexity index is 658. The molecule has 1 aromatic rings. The number of aryl methyl sites for hydroxylation is 1. The van der Waals surface area contributed by atoms with Crippen LogP contribution < -0.4 is 10.1 Å². The highest BCUT2D eigenvalue weighted by molar-refractivity contribution is 7.89. The van der Waals surface area contributed by atoms with E-state index in [0.29, 0.717) is 19.6 Å². The smallest absolute Gasteiger partial charge is 0.224 e. The summed E-state index contributed by atoms with van der Waals surface area (Å²) in [5.74, 6) is 0.645. The molecule has 0 aromatic heterocycles. The summed E-state index contributed by atoms with van der Waals surface area (Å²) in [4.78, 5) is 12.3. The van der Waals surface area contributed by atoms with Crippen LogP contribution in [0.25, 0.3) is 0 Å². The minimum atomic E-state index is -3.21. The summed E-state index contributed by atoms with van der Waals surface area (Å²) in [6.45, 7) is 3.07. The number of nitrogens with one attached hydrogen (secondary N) is 1. The Morgan fingerprint density at radius 3 is 2.68 bits per heavy atom. The Morgan fingerprint density at radius 1 is 1.32 bits per heavy atom.